The molecule has 0 saturated carbocycles. The Balaban J connectivity index is 2.63. The van der Waals surface area contributed by atoms with Crippen LogP contribution in [0.25, 0.3) is 11.3 Å². The number of methoxy groups -OCH3 is 1. The van der Waals surface area contributed by atoms with Crippen molar-refractivity contribution in [3.8, 4) is 17.0 Å². The van der Waals surface area contributed by atoms with Crippen LogP contribution in [0.2, 0.25) is 0 Å². The van der Waals surface area contributed by atoms with E-state index < -0.39 is 0 Å². The molecule has 1 aromatic heterocycles. The Bertz CT molecular complexity index is 517. The third kappa shape index (κ3) is 1.95. The summed E-state index contributed by atoms with van der Waals surface area (Å²) >= 11 is 1.66. The highest BCUT2D eigenvalue weighted by atomic mass is 32.1. The maximum atomic E-state index is 5.44. The molecule has 0 amide bonds. The van der Waals surface area contributed by atoms with Crippen molar-refractivity contribution in [2.45, 2.75) is 20.8 Å². The minimum Gasteiger partial charge on any atom is -0.496 e. The first-order chi connectivity index (χ1) is 7.61. The van der Waals surface area contributed by atoms with Crippen molar-refractivity contribution in [3.05, 3.63) is 33.6 Å². The van der Waals surface area contributed by atoms with Gasteiger partial charge in [-0.25, -0.2) is 4.98 Å². The molecule has 0 bridgehead atoms. The predicted octanol–water partition coefficient (Wildman–Crippen LogP) is 3.74. The highest BCUT2D eigenvalue weighted by molar-refractivity contribution is 7.09. The molecule has 0 N–H and O–H groups in total. The van der Waals surface area contributed by atoms with Crippen LogP contribution in [0.15, 0.2) is 17.5 Å². The number of thiazole rings is 1. The molecule has 2 aromatic rings. The van der Waals surface area contributed by atoms with Crippen molar-refractivity contribution in [1.82, 2.24) is 4.98 Å². The number of rotatable bonds is 2. The fourth-order valence-corrected chi connectivity index (χ4v) is 2.50. The van der Waals surface area contributed by atoms with E-state index in [0.717, 1.165) is 22.0 Å². The number of hydrogen-bond donors (Lipinski definition) is 0. The Morgan fingerprint density at radius 1 is 1.19 bits per heavy atom. The van der Waals surface area contributed by atoms with E-state index in [2.05, 4.69) is 36.3 Å². The van der Waals surface area contributed by atoms with Gasteiger partial charge >= 0.3 is 0 Å². The summed E-state index contributed by atoms with van der Waals surface area (Å²) in [6.07, 6.45) is 0. The summed E-state index contributed by atoms with van der Waals surface area (Å²) < 4.78 is 5.44. The molecular weight excluding hydrogens is 218 g/mol. The van der Waals surface area contributed by atoms with Gasteiger partial charge in [0.1, 0.15) is 5.75 Å². The topological polar surface area (TPSA) is 22.1 Å². The zero-order valence-electron chi connectivity index (χ0n) is 10.00. The first-order valence-corrected chi connectivity index (χ1v) is 6.07. The maximum Gasteiger partial charge on any atom is 0.128 e. The molecule has 1 heterocycles. The van der Waals surface area contributed by atoms with Crippen molar-refractivity contribution in [1.29, 1.82) is 0 Å². The van der Waals surface area contributed by atoms with Gasteiger partial charge in [-0.3, -0.25) is 0 Å². The largest absolute Gasteiger partial charge is 0.496 e. The first kappa shape index (κ1) is 11.1. The van der Waals surface area contributed by atoms with Crippen LogP contribution in [0.5, 0.6) is 5.75 Å². The van der Waals surface area contributed by atoms with Gasteiger partial charge in [-0.2, -0.15) is 0 Å². The second kappa shape index (κ2) is 4.26. The third-order valence-corrected chi connectivity index (χ3v) is 3.31. The molecule has 0 atom stereocenters. The van der Waals surface area contributed by atoms with Crippen LogP contribution in [0, 0.1) is 20.8 Å². The SMILES string of the molecule is COc1cc(C)cc(C)c1-c1csc(C)n1. The molecular formula is C13H15NOS. The number of hydrogen-bond acceptors (Lipinski definition) is 3. The van der Waals surface area contributed by atoms with Gasteiger partial charge in [-0.15, -0.1) is 11.3 Å². The fourth-order valence-electron chi connectivity index (χ4n) is 1.90. The lowest BCUT2D eigenvalue weighted by atomic mass is 10.0. The average molecular weight is 233 g/mol. The van der Waals surface area contributed by atoms with E-state index in [4.69, 9.17) is 4.74 Å². The lowest BCUT2D eigenvalue weighted by Crippen LogP contribution is -1.92. The Morgan fingerprint density at radius 2 is 1.94 bits per heavy atom. The van der Waals surface area contributed by atoms with E-state index in [0.29, 0.717) is 0 Å². The monoisotopic (exact) mass is 233 g/mol. The third-order valence-electron chi connectivity index (χ3n) is 2.54. The lowest BCUT2D eigenvalue weighted by molar-refractivity contribution is 0.415. The maximum absolute atomic E-state index is 5.44. The number of aromatic nitrogens is 1. The van der Waals surface area contributed by atoms with Gasteiger partial charge < -0.3 is 4.74 Å². The molecule has 3 heteroatoms. The number of ether oxygens (including phenoxy) is 1. The molecule has 0 aliphatic rings. The Kier molecular flexibility index (Phi) is 2.97. The van der Waals surface area contributed by atoms with Gasteiger partial charge in [0, 0.05) is 10.9 Å². The van der Waals surface area contributed by atoms with Crippen molar-refractivity contribution in [2.75, 3.05) is 7.11 Å². The van der Waals surface area contributed by atoms with Gasteiger partial charge in [0.15, 0.2) is 0 Å². The Labute approximate surface area is 99.9 Å². The normalized spacial score (nSPS) is 10.5. The highest BCUT2D eigenvalue weighted by Gasteiger charge is 2.12. The molecule has 0 fully saturated rings. The average Bonchev–Trinajstić information content (AvgIpc) is 2.63. The van der Waals surface area contributed by atoms with E-state index in [1.807, 2.05) is 6.92 Å². The van der Waals surface area contributed by atoms with E-state index in [1.165, 1.54) is 11.1 Å². The summed E-state index contributed by atoms with van der Waals surface area (Å²) in [5.74, 6) is 0.905. The van der Waals surface area contributed by atoms with Crippen molar-refractivity contribution in [3.63, 3.8) is 0 Å². The van der Waals surface area contributed by atoms with E-state index >= 15 is 0 Å². The van der Waals surface area contributed by atoms with Crippen LogP contribution in [0.3, 0.4) is 0 Å². The van der Waals surface area contributed by atoms with E-state index in [9.17, 15) is 0 Å². The van der Waals surface area contributed by atoms with E-state index in [1.54, 1.807) is 18.4 Å². The predicted molar refractivity (Wildman–Crippen MR) is 68.3 cm³/mol. The quantitative estimate of drug-likeness (QED) is 0.788. The zero-order chi connectivity index (χ0) is 11.7. The fraction of sp³-hybridized carbons (Fsp3) is 0.308. The molecule has 2 rings (SSSR count). The molecule has 0 aliphatic heterocycles. The van der Waals surface area contributed by atoms with Crippen LogP contribution >= 0.6 is 11.3 Å². The second-order valence-corrected chi connectivity index (χ2v) is 4.97. The summed E-state index contributed by atoms with van der Waals surface area (Å²) in [4.78, 5) is 4.52. The van der Waals surface area contributed by atoms with Gasteiger partial charge in [-0.05, 0) is 38.0 Å². The van der Waals surface area contributed by atoms with Crippen LogP contribution < -0.4 is 4.74 Å². The second-order valence-electron chi connectivity index (χ2n) is 3.91. The van der Waals surface area contributed by atoms with Crippen LogP contribution in [0.4, 0.5) is 0 Å². The van der Waals surface area contributed by atoms with Gasteiger partial charge in [0.2, 0.25) is 0 Å². The van der Waals surface area contributed by atoms with Crippen molar-refractivity contribution >= 4 is 11.3 Å². The minimum atomic E-state index is 0.905. The van der Waals surface area contributed by atoms with Crippen molar-refractivity contribution in [2.24, 2.45) is 0 Å². The summed E-state index contributed by atoms with van der Waals surface area (Å²) in [7, 11) is 1.71. The molecule has 84 valence electrons. The highest BCUT2D eigenvalue weighted by Crippen LogP contribution is 2.34. The molecule has 0 saturated heterocycles. The lowest BCUT2D eigenvalue weighted by Gasteiger charge is -2.10. The minimum absolute atomic E-state index is 0.905. The zero-order valence-corrected chi connectivity index (χ0v) is 10.8. The standard InChI is InChI=1S/C13H15NOS/c1-8-5-9(2)13(12(6-8)15-4)11-7-16-10(3)14-11/h5-7H,1-4H3. The van der Waals surface area contributed by atoms with Crippen LogP contribution in [0.1, 0.15) is 16.1 Å². The number of aryl methyl sites for hydroxylation is 3. The number of benzene rings is 1. The summed E-state index contributed by atoms with van der Waals surface area (Å²) in [6, 6.07) is 4.21. The molecule has 0 radical (unpaired) electrons. The summed E-state index contributed by atoms with van der Waals surface area (Å²) in [5, 5.41) is 3.16. The Hall–Kier alpha value is -1.35. The van der Waals surface area contributed by atoms with Crippen LogP contribution in [-0.2, 0) is 0 Å². The molecule has 2 nitrogen and oxygen atoms in total. The summed E-state index contributed by atoms with van der Waals surface area (Å²) in [5.41, 5.74) is 4.54. The Morgan fingerprint density at radius 3 is 2.50 bits per heavy atom. The van der Waals surface area contributed by atoms with Gasteiger partial charge in [0.05, 0.1) is 17.8 Å². The van der Waals surface area contributed by atoms with E-state index in [-0.39, 0.29) is 0 Å². The molecule has 0 aliphatic carbocycles. The first-order valence-electron chi connectivity index (χ1n) is 5.19. The van der Waals surface area contributed by atoms with Crippen molar-refractivity contribution < 1.29 is 4.74 Å². The van der Waals surface area contributed by atoms with Crippen LogP contribution in [-0.4, -0.2) is 12.1 Å². The molecule has 1 aromatic carbocycles. The smallest absolute Gasteiger partial charge is 0.128 e. The molecule has 0 spiro atoms. The summed E-state index contributed by atoms with van der Waals surface area (Å²) in [6.45, 7) is 6.19. The van der Waals surface area contributed by atoms with Gasteiger partial charge in [0.25, 0.3) is 0 Å². The number of nitrogens with zero attached hydrogens (tertiary/aromatic N) is 1. The molecule has 0 unspecified atom stereocenters. The van der Waals surface area contributed by atoms with Gasteiger partial charge in [-0.1, -0.05) is 6.07 Å². The molecule has 16 heavy (non-hydrogen) atoms.